The van der Waals surface area contributed by atoms with Crippen molar-refractivity contribution in [1.29, 1.82) is 0 Å². The fourth-order valence-electron chi connectivity index (χ4n) is 2.86. The Balaban J connectivity index is 1.98. The third-order valence-electron chi connectivity index (χ3n) is 3.80. The molecule has 1 atom stereocenters. The molecular formula is C17H16N4. The van der Waals surface area contributed by atoms with E-state index in [1.54, 1.807) is 0 Å². The highest BCUT2D eigenvalue weighted by Crippen LogP contribution is 2.30. The van der Waals surface area contributed by atoms with Gasteiger partial charge in [0.1, 0.15) is 5.82 Å². The van der Waals surface area contributed by atoms with Crippen molar-refractivity contribution < 1.29 is 0 Å². The summed E-state index contributed by atoms with van der Waals surface area (Å²) >= 11 is 0. The van der Waals surface area contributed by atoms with Crippen LogP contribution in [0, 0.1) is 0 Å². The van der Waals surface area contributed by atoms with E-state index in [4.69, 9.17) is 0 Å². The molecule has 1 unspecified atom stereocenters. The van der Waals surface area contributed by atoms with Gasteiger partial charge in [0.2, 0.25) is 0 Å². The molecule has 104 valence electrons. The summed E-state index contributed by atoms with van der Waals surface area (Å²) in [5.41, 5.74) is 3.32. The average molecular weight is 276 g/mol. The smallest absolute Gasteiger partial charge is 0.168 e. The fraction of sp³-hybridized carbons (Fsp3) is 0.176. The minimum Gasteiger partial charge on any atom is -0.380 e. The van der Waals surface area contributed by atoms with Gasteiger partial charge in [0.25, 0.3) is 0 Å². The van der Waals surface area contributed by atoms with Crippen LogP contribution in [0.4, 0.5) is 5.69 Å². The van der Waals surface area contributed by atoms with E-state index in [9.17, 15) is 0 Å². The maximum atomic E-state index is 4.43. The van der Waals surface area contributed by atoms with Gasteiger partial charge in [0.05, 0.1) is 11.4 Å². The van der Waals surface area contributed by atoms with Crippen LogP contribution in [0.25, 0.3) is 17.1 Å². The summed E-state index contributed by atoms with van der Waals surface area (Å²) in [6.45, 7) is 2.17. The van der Waals surface area contributed by atoms with E-state index in [1.807, 2.05) is 18.2 Å². The molecule has 0 amide bonds. The van der Waals surface area contributed by atoms with Crippen LogP contribution in [0.15, 0.2) is 54.6 Å². The molecule has 0 saturated heterocycles. The number of nitrogens with zero attached hydrogens (tertiary/aromatic N) is 3. The monoisotopic (exact) mass is 276 g/mol. The van der Waals surface area contributed by atoms with E-state index in [1.165, 1.54) is 0 Å². The Labute approximate surface area is 123 Å². The number of nitrogens with one attached hydrogen (secondary N) is 1. The van der Waals surface area contributed by atoms with Crippen LogP contribution in [0.3, 0.4) is 0 Å². The molecule has 4 heteroatoms. The molecule has 4 nitrogen and oxygen atoms in total. The van der Waals surface area contributed by atoms with Gasteiger partial charge in [-0.2, -0.15) is 0 Å². The second kappa shape index (κ2) is 4.74. The number of hydrogen-bond acceptors (Lipinski definition) is 3. The lowest BCUT2D eigenvalue weighted by molar-refractivity contribution is 0.744. The third-order valence-corrected chi connectivity index (χ3v) is 3.80. The lowest BCUT2D eigenvalue weighted by Gasteiger charge is -2.13. The van der Waals surface area contributed by atoms with Crippen LogP contribution in [-0.2, 0) is 6.42 Å². The number of hydrogen-bond donors (Lipinski definition) is 1. The van der Waals surface area contributed by atoms with Gasteiger partial charge in [-0.1, -0.05) is 42.5 Å². The zero-order chi connectivity index (χ0) is 14.2. The van der Waals surface area contributed by atoms with E-state index in [0.29, 0.717) is 6.04 Å². The molecule has 0 radical (unpaired) electrons. The largest absolute Gasteiger partial charge is 0.380 e. The Kier molecular flexibility index (Phi) is 2.74. The van der Waals surface area contributed by atoms with Crippen LogP contribution in [0.2, 0.25) is 0 Å². The molecule has 3 aromatic rings. The number of rotatable bonds is 1. The molecule has 1 N–H and O–H groups in total. The number of para-hydroxylation sites is 2. The van der Waals surface area contributed by atoms with Gasteiger partial charge in [0.15, 0.2) is 5.82 Å². The van der Waals surface area contributed by atoms with Crippen molar-refractivity contribution in [3.05, 3.63) is 60.4 Å². The molecule has 0 aliphatic carbocycles. The van der Waals surface area contributed by atoms with Crippen LogP contribution < -0.4 is 5.32 Å². The highest BCUT2D eigenvalue weighted by Gasteiger charge is 2.22. The summed E-state index contributed by atoms with van der Waals surface area (Å²) < 4.78 is 2.17. The molecule has 2 heterocycles. The number of anilines is 1. The summed E-state index contributed by atoms with van der Waals surface area (Å²) in [5.74, 6) is 1.90. The number of benzene rings is 2. The Morgan fingerprint density at radius 3 is 2.62 bits per heavy atom. The van der Waals surface area contributed by atoms with Gasteiger partial charge in [-0.05, 0) is 19.1 Å². The topological polar surface area (TPSA) is 42.7 Å². The molecule has 0 saturated carbocycles. The van der Waals surface area contributed by atoms with Gasteiger partial charge in [-0.15, -0.1) is 10.2 Å². The average Bonchev–Trinajstić information content (AvgIpc) is 2.86. The maximum absolute atomic E-state index is 4.43. The summed E-state index contributed by atoms with van der Waals surface area (Å²) in [7, 11) is 0. The van der Waals surface area contributed by atoms with Crippen LogP contribution >= 0.6 is 0 Å². The van der Waals surface area contributed by atoms with Crippen molar-refractivity contribution in [3.63, 3.8) is 0 Å². The van der Waals surface area contributed by atoms with Crippen molar-refractivity contribution in [3.8, 4) is 17.1 Å². The Hall–Kier alpha value is -2.62. The van der Waals surface area contributed by atoms with Gasteiger partial charge in [-0.25, -0.2) is 0 Å². The van der Waals surface area contributed by atoms with Crippen molar-refractivity contribution in [1.82, 2.24) is 14.8 Å². The van der Waals surface area contributed by atoms with Crippen LogP contribution in [0.5, 0.6) is 0 Å². The van der Waals surface area contributed by atoms with E-state index >= 15 is 0 Å². The zero-order valence-corrected chi connectivity index (χ0v) is 11.8. The van der Waals surface area contributed by atoms with Gasteiger partial charge in [0, 0.05) is 18.0 Å². The molecule has 0 spiro atoms. The summed E-state index contributed by atoms with van der Waals surface area (Å²) in [6, 6.07) is 18.9. The normalized spacial score (nSPS) is 16.5. The summed E-state index contributed by atoms with van der Waals surface area (Å²) in [5, 5.41) is 12.4. The minimum absolute atomic E-state index is 0.334. The van der Waals surface area contributed by atoms with E-state index in [0.717, 1.165) is 35.0 Å². The van der Waals surface area contributed by atoms with Gasteiger partial charge >= 0.3 is 0 Å². The van der Waals surface area contributed by atoms with E-state index < -0.39 is 0 Å². The Morgan fingerprint density at radius 1 is 1.00 bits per heavy atom. The van der Waals surface area contributed by atoms with Gasteiger partial charge < -0.3 is 5.32 Å². The highest BCUT2D eigenvalue weighted by molar-refractivity contribution is 5.68. The molecule has 1 aliphatic rings. The first-order valence-electron chi connectivity index (χ1n) is 7.18. The molecule has 2 aromatic carbocycles. The molecule has 0 bridgehead atoms. The lowest BCUT2D eigenvalue weighted by Crippen LogP contribution is -2.17. The first-order chi connectivity index (χ1) is 10.3. The highest BCUT2D eigenvalue weighted by atomic mass is 15.3. The molecule has 1 aliphatic heterocycles. The molecule has 21 heavy (non-hydrogen) atoms. The Morgan fingerprint density at radius 2 is 1.76 bits per heavy atom. The first kappa shape index (κ1) is 12.1. The predicted molar refractivity (Wildman–Crippen MR) is 83.6 cm³/mol. The SMILES string of the molecule is CC1Cc2nnc(-c3ccccc3)n2-c2ccccc2N1. The molecule has 1 aromatic heterocycles. The van der Waals surface area contributed by atoms with Crippen molar-refractivity contribution in [2.24, 2.45) is 0 Å². The first-order valence-corrected chi connectivity index (χ1v) is 7.18. The second-order valence-electron chi connectivity index (χ2n) is 5.41. The standard InChI is InChI=1S/C17H16N4/c1-12-11-16-19-20-17(13-7-3-2-4-8-13)21(16)15-10-6-5-9-14(15)18-12/h2-10,12,18H,11H2,1H3. The summed E-state index contributed by atoms with van der Waals surface area (Å²) in [4.78, 5) is 0. The van der Waals surface area contributed by atoms with E-state index in [2.05, 4.69) is 63.4 Å². The molecular weight excluding hydrogens is 260 g/mol. The number of fused-ring (bicyclic) bond motifs is 3. The van der Waals surface area contributed by atoms with Crippen molar-refractivity contribution in [2.45, 2.75) is 19.4 Å². The zero-order valence-electron chi connectivity index (χ0n) is 11.8. The van der Waals surface area contributed by atoms with Crippen molar-refractivity contribution >= 4 is 5.69 Å². The lowest BCUT2D eigenvalue weighted by atomic mass is 10.2. The predicted octanol–water partition coefficient (Wildman–Crippen LogP) is 3.29. The quantitative estimate of drug-likeness (QED) is 0.741. The van der Waals surface area contributed by atoms with Crippen molar-refractivity contribution in [2.75, 3.05) is 5.32 Å². The maximum Gasteiger partial charge on any atom is 0.168 e. The summed E-state index contributed by atoms with van der Waals surface area (Å²) in [6.07, 6.45) is 0.856. The third kappa shape index (κ3) is 2.00. The van der Waals surface area contributed by atoms with Gasteiger partial charge in [-0.3, -0.25) is 4.57 Å². The molecule has 4 rings (SSSR count). The fourth-order valence-corrected chi connectivity index (χ4v) is 2.86. The van der Waals surface area contributed by atoms with Crippen LogP contribution in [0.1, 0.15) is 12.7 Å². The number of aromatic nitrogens is 3. The van der Waals surface area contributed by atoms with Crippen LogP contribution in [-0.4, -0.2) is 20.8 Å². The minimum atomic E-state index is 0.334. The van der Waals surface area contributed by atoms with E-state index in [-0.39, 0.29) is 0 Å². The second-order valence-corrected chi connectivity index (χ2v) is 5.41. The Bertz CT molecular complexity index is 776. The molecule has 0 fully saturated rings.